The number of likely N-dealkylation sites (tertiary alicyclic amines) is 1. The molecule has 0 saturated carbocycles. The number of aliphatic imine (C=N–C) groups is 1. The lowest BCUT2D eigenvalue weighted by molar-refractivity contribution is -0.128. The molecule has 2 N–H and O–H groups in total. The van der Waals surface area contributed by atoms with Gasteiger partial charge in [-0.05, 0) is 38.3 Å². The lowest BCUT2D eigenvalue weighted by Gasteiger charge is -2.16. The fourth-order valence-electron chi connectivity index (χ4n) is 3.20. The molecular weight excluding hydrogens is 497 g/mol. The Morgan fingerprint density at radius 3 is 2.72 bits per heavy atom. The number of rotatable bonds is 7. The fraction of sp³-hybridized carbons (Fsp3) is 0.476. The van der Waals surface area contributed by atoms with Gasteiger partial charge in [0, 0.05) is 30.9 Å². The first-order valence-electron chi connectivity index (χ1n) is 9.86. The van der Waals surface area contributed by atoms with Crippen LogP contribution in [0.25, 0.3) is 0 Å². The molecule has 29 heavy (non-hydrogen) atoms. The molecule has 2 heterocycles. The topological polar surface area (TPSA) is 69.6 Å². The summed E-state index contributed by atoms with van der Waals surface area (Å²) in [6.07, 6.45) is 1.65. The standard InChI is InChI=1S/C21H29N5OS.HI/c1-4-22-21(24-13-19-25-15(2)16(3)28-19)23-12-17-7-5-8-18(11-17)14-26-10-6-9-20(26)27;/h5,7-8,11H,4,6,9-10,12-14H2,1-3H3,(H2,22,23,24);1H. The molecule has 3 rings (SSSR count). The van der Waals surface area contributed by atoms with Gasteiger partial charge in [-0.2, -0.15) is 0 Å². The Kier molecular flexibility index (Phi) is 9.35. The van der Waals surface area contributed by atoms with Gasteiger partial charge in [0.15, 0.2) is 5.96 Å². The third kappa shape index (κ3) is 6.95. The monoisotopic (exact) mass is 527 g/mol. The van der Waals surface area contributed by atoms with Crippen LogP contribution in [0.2, 0.25) is 0 Å². The Morgan fingerprint density at radius 2 is 2.07 bits per heavy atom. The number of amides is 1. The van der Waals surface area contributed by atoms with Crippen molar-refractivity contribution in [3.63, 3.8) is 0 Å². The molecular formula is C21H30IN5OS. The number of carbonyl (C=O) groups is 1. The first-order valence-corrected chi connectivity index (χ1v) is 10.7. The lowest BCUT2D eigenvalue weighted by atomic mass is 10.1. The van der Waals surface area contributed by atoms with Gasteiger partial charge >= 0.3 is 0 Å². The van der Waals surface area contributed by atoms with Crippen molar-refractivity contribution in [2.45, 2.75) is 53.2 Å². The van der Waals surface area contributed by atoms with Crippen LogP contribution in [-0.2, 0) is 24.4 Å². The maximum absolute atomic E-state index is 11.8. The molecule has 0 radical (unpaired) electrons. The van der Waals surface area contributed by atoms with E-state index in [0.717, 1.165) is 47.3 Å². The average Bonchev–Trinajstić information content (AvgIpc) is 3.23. The van der Waals surface area contributed by atoms with Gasteiger partial charge in [-0.1, -0.05) is 24.3 Å². The van der Waals surface area contributed by atoms with Crippen molar-refractivity contribution in [2.75, 3.05) is 13.1 Å². The second-order valence-electron chi connectivity index (χ2n) is 7.04. The third-order valence-electron chi connectivity index (χ3n) is 4.78. The van der Waals surface area contributed by atoms with Crippen LogP contribution in [0, 0.1) is 13.8 Å². The number of hydrogen-bond donors (Lipinski definition) is 2. The molecule has 0 spiro atoms. The zero-order valence-corrected chi connectivity index (χ0v) is 20.5. The molecule has 1 amide bonds. The highest BCUT2D eigenvalue weighted by Crippen LogP contribution is 2.17. The van der Waals surface area contributed by atoms with Crippen LogP contribution >= 0.6 is 35.3 Å². The van der Waals surface area contributed by atoms with Gasteiger partial charge in [-0.25, -0.2) is 9.98 Å². The van der Waals surface area contributed by atoms with Crippen LogP contribution in [0.5, 0.6) is 0 Å². The molecule has 1 fully saturated rings. The summed E-state index contributed by atoms with van der Waals surface area (Å²) in [5.74, 6) is 1.04. The normalized spacial score (nSPS) is 14.1. The highest BCUT2D eigenvalue weighted by molar-refractivity contribution is 14.0. The molecule has 158 valence electrons. The second-order valence-corrected chi connectivity index (χ2v) is 8.32. The molecule has 0 bridgehead atoms. The van der Waals surface area contributed by atoms with Crippen LogP contribution in [0.3, 0.4) is 0 Å². The molecule has 1 saturated heterocycles. The molecule has 0 aliphatic carbocycles. The smallest absolute Gasteiger partial charge is 0.222 e. The van der Waals surface area contributed by atoms with Crippen LogP contribution in [0.15, 0.2) is 29.3 Å². The fourth-order valence-corrected chi connectivity index (χ4v) is 4.08. The summed E-state index contributed by atoms with van der Waals surface area (Å²) in [6.45, 7) is 9.81. The summed E-state index contributed by atoms with van der Waals surface area (Å²) < 4.78 is 0. The molecule has 1 aliphatic rings. The van der Waals surface area contributed by atoms with Gasteiger partial charge in [0.2, 0.25) is 5.91 Å². The number of nitrogens with zero attached hydrogens (tertiary/aromatic N) is 3. The Labute approximate surface area is 194 Å². The Hall–Kier alpha value is -1.68. The summed E-state index contributed by atoms with van der Waals surface area (Å²) in [7, 11) is 0. The highest BCUT2D eigenvalue weighted by Gasteiger charge is 2.19. The molecule has 6 nitrogen and oxygen atoms in total. The molecule has 8 heteroatoms. The van der Waals surface area contributed by atoms with Gasteiger partial charge in [-0.3, -0.25) is 4.79 Å². The molecule has 0 unspecified atom stereocenters. The number of guanidine groups is 1. The zero-order chi connectivity index (χ0) is 19.9. The van der Waals surface area contributed by atoms with Crippen LogP contribution in [0.4, 0.5) is 0 Å². The van der Waals surface area contributed by atoms with E-state index < -0.39 is 0 Å². The van der Waals surface area contributed by atoms with Crippen molar-refractivity contribution in [3.05, 3.63) is 51.0 Å². The number of aryl methyl sites for hydroxylation is 2. The second kappa shape index (κ2) is 11.5. The number of thiazole rings is 1. The number of benzene rings is 1. The SMILES string of the molecule is CCNC(=NCc1cccc(CN2CCCC2=O)c1)NCc1nc(C)c(C)s1.I. The minimum atomic E-state index is 0. The summed E-state index contributed by atoms with van der Waals surface area (Å²) in [5.41, 5.74) is 3.40. The van der Waals surface area contributed by atoms with Crippen molar-refractivity contribution >= 4 is 47.2 Å². The summed E-state index contributed by atoms with van der Waals surface area (Å²) in [4.78, 5) is 24.3. The zero-order valence-electron chi connectivity index (χ0n) is 17.3. The first kappa shape index (κ1) is 23.6. The minimum absolute atomic E-state index is 0. The predicted octanol–water partition coefficient (Wildman–Crippen LogP) is 3.76. The van der Waals surface area contributed by atoms with Crippen LogP contribution < -0.4 is 10.6 Å². The van der Waals surface area contributed by atoms with E-state index in [9.17, 15) is 4.79 Å². The largest absolute Gasteiger partial charge is 0.357 e. The minimum Gasteiger partial charge on any atom is -0.357 e. The summed E-state index contributed by atoms with van der Waals surface area (Å²) >= 11 is 1.72. The van der Waals surface area contributed by atoms with E-state index in [1.807, 2.05) is 17.9 Å². The summed E-state index contributed by atoms with van der Waals surface area (Å²) in [5, 5.41) is 7.71. The first-order chi connectivity index (χ1) is 13.5. The van der Waals surface area contributed by atoms with Crippen LogP contribution in [-0.4, -0.2) is 34.8 Å². The van der Waals surface area contributed by atoms with Gasteiger partial charge in [0.25, 0.3) is 0 Å². The number of nitrogens with one attached hydrogen (secondary N) is 2. The third-order valence-corrected chi connectivity index (χ3v) is 5.85. The van der Waals surface area contributed by atoms with Crippen molar-refractivity contribution < 1.29 is 4.79 Å². The van der Waals surface area contributed by atoms with E-state index >= 15 is 0 Å². The predicted molar refractivity (Wildman–Crippen MR) is 130 cm³/mol. The van der Waals surface area contributed by atoms with E-state index in [1.165, 1.54) is 4.88 Å². The van der Waals surface area contributed by atoms with Crippen molar-refractivity contribution in [2.24, 2.45) is 4.99 Å². The van der Waals surface area contributed by atoms with Gasteiger partial charge in [0.05, 0.1) is 18.8 Å². The van der Waals surface area contributed by atoms with E-state index in [-0.39, 0.29) is 29.9 Å². The molecule has 1 aliphatic heterocycles. The summed E-state index contributed by atoms with van der Waals surface area (Å²) in [6, 6.07) is 8.35. The van der Waals surface area contributed by atoms with Crippen molar-refractivity contribution in [1.29, 1.82) is 0 Å². The average molecular weight is 527 g/mol. The number of hydrogen-bond acceptors (Lipinski definition) is 4. The molecule has 1 aromatic carbocycles. The van der Waals surface area contributed by atoms with Gasteiger partial charge in [-0.15, -0.1) is 35.3 Å². The maximum Gasteiger partial charge on any atom is 0.222 e. The molecule has 0 atom stereocenters. The lowest BCUT2D eigenvalue weighted by Crippen LogP contribution is -2.36. The number of halogens is 1. The Balaban J connectivity index is 0.00000300. The number of aromatic nitrogens is 1. The molecule has 1 aromatic heterocycles. The van der Waals surface area contributed by atoms with Crippen LogP contribution in [0.1, 0.15) is 46.5 Å². The van der Waals surface area contributed by atoms with E-state index in [1.54, 1.807) is 11.3 Å². The Morgan fingerprint density at radius 1 is 1.28 bits per heavy atom. The van der Waals surface area contributed by atoms with E-state index in [0.29, 0.717) is 26.1 Å². The molecule has 2 aromatic rings. The van der Waals surface area contributed by atoms with Gasteiger partial charge < -0.3 is 15.5 Å². The van der Waals surface area contributed by atoms with E-state index in [4.69, 9.17) is 4.99 Å². The van der Waals surface area contributed by atoms with Crippen molar-refractivity contribution in [1.82, 2.24) is 20.5 Å². The number of carbonyl (C=O) groups excluding carboxylic acids is 1. The van der Waals surface area contributed by atoms with Crippen molar-refractivity contribution in [3.8, 4) is 0 Å². The highest BCUT2D eigenvalue weighted by atomic mass is 127. The van der Waals surface area contributed by atoms with E-state index in [2.05, 4.69) is 47.7 Å². The maximum atomic E-state index is 11.8. The quantitative estimate of drug-likeness (QED) is 0.327. The van der Waals surface area contributed by atoms with Gasteiger partial charge in [0.1, 0.15) is 5.01 Å². The Bertz CT molecular complexity index is 832.